The fraction of sp³-hybridized carbons (Fsp3) is 0.370. The first-order valence-corrected chi connectivity index (χ1v) is 12.7. The Labute approximate surface area is 210 Å². The average molecular weight is 489 g/mol. The van der Waals surface area contributed by atoms with Crippen LogP contribution >= 0.6 is 11.6 Å². The maximum atomic E-state index is 6.05. The Kier molecular flexibility index (Phi) is 6.37. The number of fused-ring (bicyclic) bond motifs is 1. The Balaban J connectivity index is 1.28. The predicted molar refractivity (Wildman–Crippen MR) is 139 cm³/mol. The molecule has 2 fully saturated rings. The topological polar surface area (TPSA) is 59.3 Å². The Morgan fingerprint density at radius 2 is 1.63 bits per heavy atom. The molecule has 0 bridgehead atoms. The summed E-state index contributed by atoms with van der Waals surface area (Å²) < 4.78 is 7.74. The third-order valence-corrected chi connectivity index (χ3v) is 7.25. The van der Waals surface area contributed by atoms with Gasteiger partial charge in [0.15, 0.2) is 11.5 Å². The molecule has 0 radical (unpaired) electrons. The first-order valence-electron chi connectivity index (χ1n) is 12.3. The summed E-state index contributed by atoms with van der Waals surface area (Å²) in [6, 6.07) is 18.7. The lowest BCUT2D eigenvalue weighted by molar-refractivity contribution is 0.122. The highest BCUT2D eigenvalue weighted by Gasteiger charge is 2.26. The lowest BCUT2D eigenvalue weighted by Gasteiger charge is -2.32. The van der Waals surface area contributed by atoms with Crippen LogP contribution in [0.4, 0.5) is 5.82 Å². The van der Waals surface area contributed by atoms with E-state index in [-0.39, 0.29) is 0 Å². The van der Waals surface area contributed by atoms with Gasteiger partial charge in [0.2, 0.25) is 0 Å². The van der Waals surface area contributed by atoms with Gasteiger partial charge in [0.05, 0.1) is 30.8 Å². The summed E-state index contributed by atoms with van der Waals surface area (Å²) in [4.78, 5) is 14.9. The molecule has 2 aromatic heterocycles. The summed E-state index contributed by atoms with van der Waals surface area (Å²) in [5, 5.41) is 6.66. The first-order chi connectivity index (χ1) is 17.2. The maximum absolute atomic E-state index is 6.05. The molecule has 180 valence electrons. The number of aromatic nitrogens is 4. The minimum absolute atomic E-state index is 0.324. The lowest BCUT2D eigenvalue weighted by atomic mass is 10.0. The van der Waals surface area contributed by atoms with Crippen LogP contribution in [-0.4, -0.2) is 64.0 Å². The molecule has 7 nitrogen and oxygen atoms in total. The van der Waals surface area contributed by atoms with Crippen LogP contribution in [0.5, 0.6) is 0 Å². The van der Waals surface area contributed by atoms with Crippen LogP contribution in [0.2, 0.25) is 5.02 Å². The number of likely N-dealkylation sites (tertiary alicyclic amines) is 1. The molecule has 8 heteroatoms. The van der Waals surface area contributed by atoms with Gasteiger partial charge in [0.25, 0.3) is 0 Å². The molecule has 0 N–H and O–H groups in total. The van der Waals surface area contributed by atoms with Crippen molar-refractivity contribution < 1.29 is 4.74 Å². The number of nitrogens with zero attached hydrogens (tertiary/aromatic N) is 6. The molecule has 0 spiro atoms. The first kappa shape index (κ1) is 22.5. The van der Waals surface area contributed by atoms with Gasteiger partial charge < -0.3 is 9.64 Å². The van der Waals surface area contributed by atoms with E-state index in [1.807, 2.05) is 36.5 Å². The monoisotopic (exact) mass is 488 g/mol. The Bertz CT molecular complexity index is 1280. The number of piperidine rings is 1. The van der Waals surface area contributed by atoms with Gasteiger partial charge in [-0.25, -0.2) is 14.6 Å². The zero-order chi connectivity index (χ0) is 23.6. The van der Waals surface area contributed by atoms with E-state index in [0.29, 0.717) is 19.3 Å². The SMILES string of the molecule is Clc1ccc(CN2CCC(n3ncc4c(N5CCOCC5)nc(-c5ccccc5)nc43)CC2)cc1. The number of benzene rings is 2. The zero-order valence-electron chi connectivity index (χ0n) is 19.7. The highest BCUT2D eigenvalue weighted by molar-refractivity contribution is 6.30. The maximum Gasteiger partial charge on any atom is 0.164 e. The molecule has 2 aromatic carbocycles. The average Bonchev–Trinajstić information content (AvgIpc) is 3.35. The molecule has 0 aliphatic carbocycles. The molecule has 0 saturated carbocycles. The van der Waals surface area contributed by atoms with Crippen LogP contribution in [-0.2, 0) is 11.3 Å². The largest absolute Gasteiger partial charge is 0.378 e. The number of hydrogen-bond acceptors (Lipinski definition) is 6. The minimum atomic E-state index is 0.324. The summed E-state index contributed by atoms with van der Waals surface area (Å²) in [7, 11) is 0. The summed E-state index contributed by atoms with van der Waals surface area (Å²) in [6.07, 6.45) is 4.04. The molecule has 6 rings (SSSR count). The summed E-state index contributed by atoms with van der Waals surface area (Å²) in [5.41, 5.74) is 3.25. The van der Waals surface area contributed by atoms with Gasteiger partial charge in [0.1, 0.15) is 5.82 Å². The van der Waals surface area contributed by atoms with Crippen molar-refractivity contribution in [2.24, 2.45) is 0 Å². The minimum Gasteiger partial charge on any atom is -0.378 e. The number of morpholine rings is 1. The van der Waals surface area contributed by atoms with Gasteiger partial charge in [-0.1, -0.05) is 54.1 Å². The van der Waals surface area contributed by atoms with Crippen molar-refractivity contribution in [1.29, 1.82) is 0 Å². The van der Waals surface area contributed by atoms with Gasteiger partial charge in [0, 0.05) is 43.3 Å². The second kappa shape index (κ2) is 9.93. The third kappa shape index (κ3) is 4.76. The van der Waals surface area contributed by atoms with Crippen molar-refractivity contribution in [2.75, 3.05) is 44.3 Å². The Morgan fingerprint density at radius 3 is 2.37 bits per heavy atom. The van der Waals surface area contributed by atoms with E-state index in [0.717, 1.165) is 78.8 Å². The second-order valence-corrected chi connectivity index (χ2v) is 9.73. The highest BCUT2D eigenvalue weighted by Crippen LogP contribution is 2.32. The number of hydrogen-bond donors (Lipinski definition) is 0. The van der Waals surface area contributed by atoms with Crippen LogP contribution in [0.1, 0.15) is 24.4 Å². The van der Waals surface area contributed by atoms with Crippen LogP contribution in [0.25, 0.3) is 22.4 Å². The van der Waals surface area contributed by atoms with E-state index in [1.165, 1.54) is 5.56 Å². The molecular weight excluding hydrogens is 460 g/mol. The van der Waals surface area contributed by atoms with Crippen molar-refractivity contribution in [1.82, 2.24) is 24.6 Å². The summed E-state index contributed by atoms with van der Waals surface area (Å²) in [6.45, 7) is 6.09. The van der Waals surface area contributed by atoms with Crippen molar-refractivity contribution in [3.63, 3.8) is 0 Å². The standard InChI is InChI=1S/C27H29ClN6O/c28-22-8-6-20(7-9-22)19-32-12-10-23(11-13-32)34-27-24(18-29-34)26(33-14-16-35-17-15-33)30-25(31-27)21-4-2-1-3-5-21/h1-9,18,23H,10-17,19H2. The van der Waals surface area contributed by atoms with E-state index in [1.54, 1.807) is 0 Å². The van der Waals surface area contributed by atoms with Gasteiger partial charge in [-0.05, 0) is 30.5 Å². The number of anilines is 1. The van der Waals surface area contributed by atoms with Gasteiger partial charge in [-0.15, -0.1) is 0 Å². The van der Waals surface area contributed by atoms with Gasteiger partial charge >= 0.3 is 0 Å². The molecule has 0 atom stereocenters. The van der Waals surface area contributed by atoms with Crippen molar-refractivity contribution in [3.05, 3.63) is 71.4 Å². The van der Waals surface area contributed by atoms with E-state index >= 15 is 0 Å². The molecule has 0 unspecified atom stereocenters. The molecule has 4 heterocycles. The van der Waals surface area contributed by atoms with Crippen molar-refractivity contribution in [2.45, 2.75) is 25.4 Å². The van der Waals surface area contributed by atoms with Crippen LogP contribution in [0.3, 0.4) is 0 Å². The van der Waals surface area contributed by atoms with Gasteiger partial charge in [-0.3, -0.25) is 4.90 Å². The van der Waals surface area contributed by atoms with E-state index < -0.39 is 0 Å². The molecule has 35 heavy (non-hydrogen) atoms. The van der Waals surface area contributed by atoms with Crippen LogP contribution < -0.4 is 4.90 Å². The smallest absolute Gasteiger partial charge is 0.164 e. The molecule has 4 aromatic rings. The highest BCUT2D eigenvalue weighted by atomic mass is 35.5. The molecule has 2 aliphatic heterocycles. The van der Waals surface area contributed by atoms with E-state index in [2.05, 4.69) is 38.7 Å². The summed E-state index contributed by atoms with van der Waals surface area (Å²) >= 11 is 6.05. The molecule has 2 aliphatic rings. The number of halogens is 1. The van der Waals surface area contributed by atoms with Crippen molar-refractivity contribution >= 4 is 28.5 Å². The quantitative estimate of drug-likeness (QED) is 0.401. The second-order valence-electron chi connectivity index (χ2n) is 9.30. The number of rotatable bonds is 5. The fourth-order valence-electron chi connectivity index (χ4n) is 5.08. The fourth-order valence-corrected chi connectivity index (χ4v) is 5.21. The van der Waals surface area contributed by atoms with Crippen LogP contribution in [0, 0.1) is 0 Å². The Morgan fingerprint density at radius 1 is 0.886 bits per heavy atom. The zero-order valence-corrected chi connectivity index (χ0v) is 20.4. The van der Waals surface area contributed by atoms with Crippen molar-refractivity contribution in [3.8, 4) is 11.4 Å². The number of ether oxygens (including phenoxy) is 1. The third-order valence-electron chi connectivity index (χ3n) is 7.00. The van der Waals surface area contributed by atoms with E-state index in [4.69, 9.17) is 31.4 Å². The molecular formula is C27H29ClN6O. The lowest BCUT2D eigenvalue weighted by Crippen LogP contribution is -2.37. The molecule has 2 saturated heterocycles. The van der Waals surface area contributed by atoms with Gasteiger partial charge in [-0.2, -0.15) is 5.10 Å². The summed E-state index contributed by atoms with van der Waals surface area (Å²) in [5.74, 6) is 1.71. The Hall–Kier alpha value is -3.00. The van der Waals surface area contributed by atoms with E-state index in [9.17, 15) is 0 Å². The normalized spacial score (nSPS) is 17.8. The van der Waals surface area contributed by atoms with Crippen LogP contribution in [0.15, 0.2) is 60.8 Å². The predicted octanol–water partition coefficient (Wildman–Crippen LogP) is 4.82. The molecule has 0 amide bonds.